The Labute approximate surface area is 93.7 Å². The first kappa shape index (κ1) is 10.4. The Bertz CT molecular complexity index is 388. The minimum absolute atomic E-state index is 0.226. The van der Waals surface area contributed by atoms with Crippen molar-refractivity contribution in [1.29, 1.82) is 0 Å². The first-order chi connectivity index (χ1) is 7.16. The first-order valence-electron chi connectivity index (χ1n) is 5.02. The van der Waals surface area contributed by atoms with Gasteiger partial charge in [0.1, 0.15) is 10.8 Å². The van der Waals surface area contributed by atoms with Gasteiger partial charge in [0.25, 0.3) is 0 Å². The van der Waals surface area contributed by atoms with E-state index < -0.39 is 0 Å². The molecule has 0 amide bonds. The highest BCUT2D eigenvalue weighted by Gasteiger charge is 2.18. The van der Waals surface area contributed by atoms with E-state index >= 15 is 0 Å². The van der Waals surface area contributed by atoms with Crippen LogP contribution in [0.2, 0.25) is 0 Å². The second-order valence-corrected chi connectivity index (χ2v) is 4.27. The Kier molecular flexibility index (Phi) is 2.86. The van der Waals surface area contributed by atoms with Gasteiger partial charge in [-0.25, -0.2) is 4.39 Å². The summed E-state index contributed by atoms with van der Waals surface area (Å²) in [5.74, 6) is -0.285. The van der Waals surface area contributed by atoms with Crippen LogP contribution in [0.25, 0.3) is 0 Å². The van der Waals surface area contributed by atoms with Crippen molar-refractivity contribution < 1.29 is 4.39 Å². The Hall–Kier alpha value is -1.16. The number of hydrogen-bond donors (Lipinski definition) is 2. The lowest BCUT2D eigenvalue weighted by molar-refractivity contribution is 0.443. The normalized spacial score (nSPS) is 15.8. The fourth-order valence-corrected chi connectivity index (χ4v) is 1.68. The fourth-order valence-electron chi connectivity index (χ4n) is 1.56. The number of nitrogens with two attached hydrogens (primary N) is 1. The van der Waals surface area contributed by atoms with E-state index in [9.17, 15) is 4.39 Å². The highest BCUT2D eigenvalue weighted by molar-refractivity contribution is 7.80. The average molecular weight is 224 g/mol. The third-order valence-electron chi connectivity index (χ3n) is 2.72. The van der Waals surface area contributed by atoms with Crippen molar-refractivity contribution in [2.24, 2.45) is 5.73 Å². The minimum atomic E-state index is -0.285. The van der Waals surface area contributed by atoms with Crippen LogP contribution in [-0.2, 0) is 0 Å². The van der Waals surface area contributed by atoms with Crippen LogP contribution in [-0.4, -0.2) is 11.0 Å². The maximum absolute atomic E-state index is 13.6. The number of rotatable bonds is 3. The second-order valence-electron chi connectivity index (χ2n) is 3.83. The summed E-state index contributed by atoms with van der Waals surface area (Å²) in [5, 5.41) is 3.15. The van der Waals surface area contributed by atoms with Crippen LogP contribution in [0.1, 0.15) is 24.8 Å². The average Bonchev–Trinajstić information content (AvgIpc) is 2.12. The molecule has 1 aromatic rings. The molecule has 1 saturated carbocycles. The van der Waals surface area contributed by atoms with E-state index in [1.165, 1.54) is 12.5 Å². The molecule has 0 unspecified atom stereocenters. The van der Waals surface area contributed by atoms with Crippen LogP contribution in [0.3, 0.4) is 0 Å². The molecule has 1 aromatic carbocycles. The highest BCUT2D eigenvalue weighted by Crippen LogP contribution is 2.25. The second kappa shape index (κ2) is 4.14. The minimum Gasteiger partial charge on any atom is -0.389 e. The molecule has 1 aliphatic rings. The number of thiocarbonyl (C=S) groups is 1. The van der Waals surface area contributed by atoms with Crippen molar-refractivity contribution in [2.45, 2.75) is 25.3 Å². The van der Waals surface area contributed by atoms with Crippen molar-refractivity contribution in [3.63, 3.8) is 0 Å². The van der Waals surface area contributed by atoms with Crippen molar-refractivity contribution >= 4 is 22.9 Å². The number of hydrogen-bond acceptors (Lipinski definition) is 2. The van der Waals surface area contributed by atoms with Gasteiger partial charge in [0, 0.05) is 11.6 Å². The third kappa shape index (κ3) is 2.26. The zero-order chi connectivity index (χ0) is 10.8. The topological polar surface area (TPSA) is 38.0 Å². The summed E-state index contributed by atoms with van der Waals surface area (Å²) < 4.78 is 13.6. The standard InChI is InChI=1S/C11H13FN2S/c12-9-6-7(11(13)15)4-5-10(9)14-8-2-1-3-8/h4-6,8,14H,1-3H2,(H2,13,15). The van der Waals surface area contributed by atoms with Gasteiger partial charge in [0.2, 0.25) is 0 Å². The van der Waals surface area contributed by atoms with E-state index in [2.05, 4.69) is 5.32 Å². The van der Waals surface area contributed by atoms with Crippen LogP contribution in [0.5, 0.6) is 0 Å². The van der Waals surface area contributed by atoms with E-state index in [1.54, 1.807) is 12.1 Å². The quantitative estimate of drug-likeness (QED) is 0.774. The molecule has 0 bridgehead atoms. The Morgan fingerprint density at radius 3 is 2.67 bits per heavy atom. The molecule has 0 heterocycles. The van der Waals surface area contributed by atoms with E-state index in [4.69, 9.17) is 18.0 Å². The van der Waals surface area contributed by atoms with Gasteiger partial charge in [-0.2, -0.15) is 0 Å². The molecule has 2 rings (SSSR count). The van der Waals surface area contributed by atoms with Gasteiger partial charge >= 0.3 is 0 Å². The summed E-state index contributed by atoms with van der Waals surface area (Å²) in [7, 11) is 0. The van der Waals surface area contributed by atoms with E-state index in [0.717, 1.165) is 12.8 Å². The van der Waals surface area contributed by atoms with Crippen LogP contribution < -0.4 is 11.1 Å². The van der Waals surface area contributed by atoms with Crippen LogP contribution >= 0.6 is 12.2 Å². The van der Waals surface area contributed by atoms with Crippen LogP contribution in [0.15, 0.2) is 18.2 Å². The molecule has 2 nitrogen and oxygen atoms in total. The molecule has 3 N–H and O–H groups in total. The van der Waals surface area contributed by atoms with Gasteiger partial charge < -0.3 is 11.1 Å². The number of benzene rings is 1. The van der Waals surface area contributed by atoms with Gasteiger partial charge in [-0.05, 0) is 37.5 Å². The van der Waals surface area contributed by atoms with Crippen molar-refractivity contribution in [2.75, 3.05) is 5.32 Å². The van der Waals surface area contributed by atoms with E-state index in [0.29, 0.717) is 17.3 Å². The largest absolute Gasteiger partial charge is 0.389 e. The maximum atomic E-state index is 13.6. The predicted molar refractivity (Wildman–Crippen MR) is 63.5 cm³/mol. The maximum Gasteiger partial charge on any atom is 0.146 e. The SMILES string of the molecule is NC(=S)c1ccc(NC2CCC2)c(F)c1. The monoisotopic (exact) mass is 224 g/mol. The Balaban J connectivity index is 2.14. The smallest absolute Gasteiger partial charge is 0.146 e. The van der Waals surface area contributed by atoms with Gasteiger partial charge in [0.15, 0.2) is 0 Å². The van der Waals surface area contributed by atoms with E-state index in [1.807, 2.05) is 0 Å². The summed E-state index contributed by atoms with van der Waals surface area (Å²) in [6.45, 7) is 0. The molecular formula is C11H13FN2S. The lowest BCUT2D eigenvalue weighted by Crippen LogP contribution is -2.27. The summed E-state index contributed by atoms with van der Waals surface area (Å²) >= 11 is 4.78. The molecule has 1 aliphatic carbocycles. The molecule has 0 aromatic heterocycles. The van der Waals surface area contributed by atoms with E-state index in [-0.39, 0.29) is 10.8 Å². The summed E-state index contributed by atoms with van der Waals surface area (Å²) in [5.41, 5.74) is 6.53. The van der Waals surface area contributed by atoms with Gasteiger partial charge in [0.05, 0.1) is 5.69 Å². The highest BCUT2D eigenvalue weighted by atomic mass is 32.1. The lowest BCUT2D eigenvalue weighted by atomic mass is 9.93. The summed E-state index contributed by atoms with van der Waals surface area (Å²) in [6.07, 6.45) is 3.47. The Morgan fingerprint density at radius 1 is 1.47 bits per heavy atom. The summed E-state index contributed by atoms with van der Waals surface area (Å²) in [6, 6.07) is 5.24. The van der Waals surface area contributed by atoms with Crippen molar-refractivity contribution in [3.8, 4) is 0 Å². The molecule has 80 valence electrons. The molecule has 15 heavy (non-hydrogen) atoms. The molecule has 0 radical (unpaired) electrons. The molecule has 4 heteroatoms. The van der Waals surface area contributed by atoms with Crippen LogP contribution in [0, 0.1) is 5.82 Å². The zero-order valence-corrected chi connectivity index (χ0v) is 9.11. The zero-order valence-electron chi connectivity index (χ0n) is 8.29. The van der Waals surface area contributed by atoms with Crippen LogP contribution in [0.4, 0.5) is 10.1 Å². The number of nitrogens with one attached hydrogen (secondary N) is 1. The molecule has 1 fully saturated rings. The summed E-state index contributed by atoms with van der Waals surface area (Å²) in [4.78, 5) is 0.226. The Morgan fingerprint density at radius 2 is 2.20 bits per heavy atom. The van der Waals surface area contributed by atoms with Crippen molar-refractivity contribution in [1.82, 2.24) is 0 Å². The molecule has 0 saturated heterocycles. The third-order valence-corrected chi connectivity index (χ3v) is 2.95. The van der Waals surface area contributed by atoms with Crippen molar-refractivity contribution in [3.05, 3.63) is 29.6 Å². The molecule has 0 aliphatic heterocycles. The predicted octanol–water partition coefficient (Wildman–Crippen LogP) is 2.42. The molecule has 0 atom stereocenters. The number of halogens is 1. The molecular weight excluding hydrogens is 211 g/mol. The van der Waals surface area contributed by atoms with Gasteiger partial charge in [-0.15, -0.1) is 0 Å². The lowest BCUT2D eigenvalue weighted by Gasteiger charge is -2.27. The fraction of sp³-hybridized carbons (Fsp3) is 0.364. The molecule has 0 spiro atoms. The van der Waals surface area contributed by atoms with Gasteiger partial charge in [-0.1, -0.05) is 12.2 Å². The van der Waals surface area contributed by atoms with Gasteiger partial charge in [-0.3, -0.25) is 0 Å². The first-order valence-corrected chi connectivity index (χ1v) is 5.43. The number of anilines is 1.